The van der Waals surface area contributed by atoms with E-state index in [-0.39, 0.29) is 17.7 Å². The van der Waals surface area contributed by atoms with Gasteiger partial charge >= 0.3 is 5.82 Å². The minimum absolute atomic E-state index is 0.00511. The van der Waals surface area contributed by atoms with Crippen LogP contribution in [0.15, 0.2) is 45.8 Å². The number of carbonyl (C=O) groups excluding carboxylic acids is 1. The Morgan fingerprint density at radius 1 is 1.21 bits per heavy atom. The number of nitrogens with zero attached hydrogens (tertiary/aromatic N) is 4. The van der Waals surface area contributed by atoms with Crippen LogP contribution >= 0.6 is 0 Å². The Morgan fingerprint density at radius 2 is 2.06 bits per heavy atom. The summed E-state index contributed by atoms with van der Waals surface area (Å²) >= 11 is 0. The van der Waals surface area contributed by atoms with Crippen molar-refractivity contribution in [3.05, 3.63) is 86.5 Å². The Bertz CT molecular complexity index is 1410. The minimum Gasteiger partial charge on any atom is -0.458 e. The van der Waals surface area contributed by atoms with Crippen molar-refractivity contribution in [1.82, 2.24) is 25.3 Å². The first kappa shape index (κ1) is 20.8. The minimum atomic E-state index is -0.578. The molecule has 0 aliphatic carbocycles. The van der Waals surface area contributed by atoms with E-state index in [2.05, 4.69) is 20.4 Å². The topological polar surface area (TPSA) is 112 Å². The van der Waals surface area contributed by atoms with Crippen LogP contribution in [0.3, 0.4) is 0 Å². The molecule has 1 amide bonds. The quantitative estimate of drug-likeness (QED) is 0.463. The zero-order chi connectivity index (χ0) is 23.1. The number of benzene rings is 1. The molecule has 3 aromatic heterocycles. The number of rotatable bonds is 4. The summed E-state index contributed by atoms with van der Waals surface area (Å²) in [6.45, 7) is 4.75. The first-order chi connectivity index (χ1) is 15.9. The number of fused-ring (bicyclic) bond motifs is 1. The summed E-state index contributed by atoms with van der Waals surface area (Å²) in [5.41, 5.74) is 2.55. The van der Waals surface area contributed by atoms with Gasteiger partial charge in [-0.05, 0) is 49.2 Å². The number of aromatic amines is 2. The van der Waals surface area contributed by atoms with Gasteiger partial charge in [0.15, 0.2) is 0 Å². The Kier molecular flexibility index (Phi) is 5.12. The highest BCUT2D eigenvalue weighted by atomic mass is 19.1. The summed E-state index contributed by atoms with van der Waals surface area (Å²) in [6, 6.07) is 8.09. The van der Waals surface area contributed by atoms with Gasteiger partial charge in [-0.3, -0.25) is 9.59 Å². The SMILES string of the molecule is Cc1c(Cc2ccc(F)c(C(=O)N3CC[n+]4c(-c5ccco5)n[nH]c4C3)c2)n[nH]c(=O)c1C. The summed E-state index contributed by atoms with van der Waals surface area (Å²) in [5, 5.41) is 13.9. The fourth-order valence-corrected chi connectivity index (χ4v) is 4.03. The van der Waals surface area contributed by atoms with Crippen LogP contribution in [-0.2, 0) is 19.5 Å². The van der Waals surface area contributed by atoms with Crippen molar-refractivity contribution in [3.63, 3.8) is 0 Å². The predicted molar refractivity (Wildman–Crippen MR) is 115 cm³/mol. The van der Waals surface area contributed by atoms with E-state index in [0.29, 0.717) is 42.4 Å². The molecule has 1 aliphatic rings. The average Bonchev–Trinajstić information content (AvgIpc) is 3.49. The van der Waals surface area contributed by atoms with Crippen molar-refractivity contribution in [1.29, 1.82) is 0 Å². The van der Waals surface area contributed by atoms with Gasteiger partial charge < -0.3 is 9.32 Å². The largest absolute Gasteiger partial charge is 0.458 e. The van der Waals surface area contributed by atoms with Crippen LogP contribution in [0.1, 0.15) is 38.6 Å². The normalized spacial score (nSPS) is 13.2. The number of hydrogen-bond acceptors (Lipinski definition) is 5. The highest BCUT2D eigenvalue weighted by Gasteiger charge is 2.32. The van der Waals surface area contributed by atoms with Crippen LogP contribution in [0.4, 0.5) is 4.39 Å². The van der Waals surface area contributed by atoms with Gasteiger partial charge in [0.25, 0.3) is 17.3 Å². The molecular weight excluding hydrogens is 427 g/mol. The zero-order valence-electron chi connectivity index (χ0n) is 18.2. The van der Waals surface area contributed by atoms with E-state index in [0.717, 1.165) is 17.0 Å². The van der Waals surface area contributed by atoms with E-state index < -0.39 is 11.7 Å². The second-order valence-electron chi connectivity index (χ2n) is 8.09. The highest BCUT2D eigenvalue weighted by molar-refractivity contribution is 5.94. The van der Waals surface area contributed by atoms with E-state index in [1.165, 1.54) is 6.07 Å². The lowest BCUT2D eigenvalue weighted by Gasteiger charge is -2.25. The third-order valence-electron chi connectivity index (χ3n) is 6.10. The molecule has 1 aromatic carbocycles. The molecular formula is C23H22FN6O3+. The number of H-pyrrole nitrogens is 2. The lowest BCUT2D eigenvalue weighted by atomic mass is 10.0. The standard InChI is InChI=1S/C23H21FN6O3/c1-13-14(2)22(31)28-25-18(13)11-15-5-6-17(24)16(10-15)23(32)29-7-8-30-20(12-29)26-27-21(30)19-4-3-9-33-19/h3-6,9-10H,7-8,11-12H2,1-2H3,(H,28,31)/p+1. The number of aromatic nitrogens is 5. The van der Waals surface area contributed by atoms with Crippen LogP contribution in [-0.4, -0.2) is 37.7 Å². The molecule has 0 unspecified atom stereocenters. The van der Waals surface area contributed by atoms with Gasteiger partial charge in [0.1, 0.15) is 12.4 Å². The van der Waals surface area contributed by atoms with Crippen molar-refractivity contribution in [2.24, 2.45) is 0 Å². The third-order valence-corrected chi connectivity index (χ3v) is 6.10. The van der Waals surface area contributed by atoms with Gasteiger partial charge in [-0.25, -0.2) is 14.1 Å². The molecule has 0 saturated heterocycles. The molecule has 5 rings (SSSR count). The van der Waals surface area contributed by atoms with Gasteiger partial charge in [-0.2, -0.15) is 5.10 Å². The molecule has 2 N–H and O–H groups in total. The molecule has 0 radical (unpaired) electrons. The highest BCUT2D eigenvalue weighted by Crippen LogP contribution is 2.20. The molecule has 4 aromatic rings. The number of furan rings is 1. The number of hydrogen-bond donors (Lipinski definition) is 2. The molecule has 168 valence electrons. The van der Waals surface area contributed by atoms with Crippen molar-refractivity contribution in [2.45, 2.75) is 33.4 Å². The molecule has 0 spiro atoms. The lowest BCUT2D eigenvalue weighted by Crippen LogP contribution is -2.52. The van der Waals surface area contributed by atoms with Gasteiger partial charge in [-0.1, -0.05) is 6.07 Å². The maximum Gasteiger partial charge on any atom is 0.344 e. The first-order valence-corrected chi connectivity index (χ1v) is 10.6. The summed E-state index contributed by atoms with van der Waals surface area (Å²) in [6.07, 6.45) is 1.95. The summed E-state index contributed by atoms with van der Waals surface area (Å²) in [7, 11) is 0. The smallest absolute Gasteiger partial charge is 0.344 e. The molecule has 9 nitrogen and oxygen atoms in total. The predicted octanol–water partition coefficient (Wildman–Crippen LogP) is 2.04. The van der Waals surface area contributed by atoms with Crippen molar-refractivity contribution >= 4 is 5.91 Å². The molecule has 0 bridgehead atoms. The fraction of sp³-hybridized carbons (Fsp3) is 0.261. The van der Waals surface area contributed by atoms with Crippen LogP contribution < -0.4 is 10.1 Å². The van der Waals surface area contributed by atoms with E-state index in [9.17, 15) is 14.0 Å². The Morgan fingerprint density at radius 3 is 2.85 bits per heavy atom. The van der Waals surface area contributed by atoms with Crippen LogP contribution in [0.25, 0.3) is 11.6 Å². The summed E-state index contributed by atoms with van der Waals surface area (Å²) in [4.78, 5) is 26.5. The van der Waals surface area contributed by atoms with Gasteiger partial charge in [0, 0.05) is 17.1 Å². The number of carbonyl (C=O) groups is 1. The molecule has 0 saturated carbocycles. The van der Waals surface area contributed by atoms with Gasteiger partial charge in [-0.15, -0.1) is 5.10 Å². The molecule has 10 heteroatoms. The fourth-order valence-electron chi connectivity index (χ4n) is 4.03. The number of halogens is 1. The maximum absolute atomic E-state index is 14.6. The van der Waals surface area contributed by atoms with Crippen LogP contribution in [0.2, 0.25) is 0 Å². The van der Waals surface area contributed by atoms with Crippen LogP contribution in [0.5, 0.6) is 0 Å². The van der Waals surface area contributed by atoms with Crippen LogP contribution in [0, 0.1) is 19.7 Å². The first-order valence-electron chi connectivity index (χ1n) is 10.6. The molecule has 0 fully saturated rings. The van der Waals surface area contributed by atoms with E-state index in [4.69, 9.17) is 4.42 Å². The zero-order valence-corrected chi connectivity index (χ0v) is 18.2. The maximum atomic E-state index is 14.6. The molecule has 0 atom stereocenters. The van der Waals surface area contributed by atoms with E-state index in [1.807, 2.05) is 17.6 Å². The van der Waals surface area contributed by atoms with Crippen molar-refractivity contribution in [3.8, 4) is 11.6 Å². The van der Waals surface area contributed by atoms with E-state index >= 15 is 0 Å². The Hall–Kier alpha value is -4.08. The summed E-state index contributed by atoms with van der Waals surface area (Å²) in [5.74, 6) is 1.07. The van der Waals surface area contributed by atoms with E-state index in [1.54, 1.807) is 36.3 Å². The molecule has 4 heterocycles. The Labute approximate surface area is 187 Å². The third kappa shape index (κ3) is 3.73. The molecule has 1 aliphatic heterocycles. The van der Waals surface area contributed by atoms with Gasteiger partial charge in [0.05, 0.1) is 30.6 Å². The number of amides is 1. The number of nitrogens with one attached hydrogen (secondary N) is 2. The summed E-state index contributed by atoms with van der Waals surface area (Å²) < 4.78 is 22.0. The Balaban J connectivity index is 1.38. The average molecular weight is 449 g/mol. The lowest BCUT2D eigenvalue weighted by molar-refractivity contribution is -0.700. The second kappa shape index (κ2) is 8.12. The monoisotopic (exact) mass is 449 g/mol. The second-order valence-corrected chi connectivity index (χ2v) is 8.09. The van der Waals surface area contributed by atoms with Crippen molar-refractivity contribution in [2.75, 3.05) is 6.54 Å². The van der Waals surface area contributed by atoms with Crippen molar-refractivity contribution < 1.29 is 18.2 Å². The molecule has 33 heavy (non-hydrogen) atoms. The van der Waals surface area contributed by atoms with Gasteiger partial charge in [0.2, 0.25) is 5.76 Å².